The second-order valence-corrected chi connectivity index (χ2v) is 9.63. The molecule has 6 rings (SSSR count). The summed E-state index contributed by atoms with van der Waals surface area (Å²) in [4.78, 5) is 32.6. The number of amides is 2. The van der Waals surface area contributed by atoms with Gasteiger partial charge in [-0.3, -0.25) is 14.3 Å². The zero-order valence-electron chi connectivity index (χ0n) is 22.8. The fraction of sp³-hybridized carbons (Fsp3) is 0.393. The molecule has 2 amide bonds. The van der Waals surface area contributed by atoms with Gasteiger partial charge < -0.3 is 24.8 Å². The Hall–Kier alpha value is -4.45. The number of nitrogens with one attached hydrogen (secondary N) is 1. The molecule has 12 nitrogen and oxygen atoms in total. The monoisotopic (exact) mass is 549 g/mol. The Morgan fingerprint density at radius 1 is 1.25 bits per heavy atom. The third-order valence-corrected chi connectivity index (χ3v) is 7.22. The van der Waals surface area contributed by atoms with Crippen molar-refractivity contribution in [3.8, 4) is 22.9 Å². The molecule has 0 aliphatic carbocycles. The van der Waals surface area contributed by atoms with Gasteiger partial charge in [-0.1, -0.05) is 30.3 Å². The summed E-state index contributed by atoms with van der Waals surface area (Å²) in [5.41, 5.74) is 3.24. The van der Waals surface area contributed by atoms with Gasteiger partial charge in [-0.25, -0.2) is 4.52 Å². The molecule has 0 spiro atoms. The van der Waals surface area contributed by atoms with Gasteiger partial charge in [0.15, 0.2) is 11.4 Å². The van der Waals surface area contributed by atoms with Gasteiger partial charge in [-0.15, -0.1) is 0 Å². The van der Waals surface area contributed by atoms with Crippen LogP contribution in [-0.4, -0.2) is 79.6 Å². The molecule has 3 aromatic heterocycles. The molecule has 4 aromatic rings. The van der Waals surface area contributed by atoms with E-state index in [1.54, 1.807) is 34.8 Å². The molecule has 212 valence electrons. The number of nitrogens with zero attached hydrogens (tertiary/aromatic N) is 6. The lowest BCUT2D eigenvalue weighted by Gasteiger charge is -2.25. The van der Waals surface area contributed by atoms with E-state index in [0.29, 0.717) is 66.8 Å². The van der Waals surface area contributed by atoms with Gasteiger partial charge in [0.05, 0.1) is 42.8 Å². The number of aromatic nitrogens is 5. The molecule has 2 aliphatic rings. The van der Waals surface area contributed by atoms with Crippen molar-refractivity contribution >= 4 is 17.5 Å². The average Bonchev–Trinajstić information content (AvgIpc) is 3.69. The molecular formula is C28H35N7O5. The molecule has 40 heavy (non-hydrogen) atoms. The summed E-state index contributed by atoms with van der Waals surface area (Å²) in [6, 6.07) is 11.3. The number of carbonyl (C=O) groups excluding carboxylic acids is 2. The number of methoxy groups -OCH3 is 1. The van der Waals surface area contributed by atoms with Crippen LogP contribution in [-0.2, 0) is 11.3 Å². The number of aryl methyl sites for hydroxylation is 1. The van der Waals surface area contributed by atoms with Gasteiger partial charge >= 0.3 is 0 Å². The number of ether oxygens (including phenoxy) is 2. The lowest BCUT2D eigenvalue weighted by atomic mass is 10.1. The fourth-order valence-corrected chi connectivity index (χ4v) is 5.14. The zero-order valence-corrected chi connectivity index (χ0v) is 22.8. The molecular weight excluding hydrogens is 514 g/mol. The van der Waals surface area contributed by atoms with Crippen LogP contribution in [0.2, 0.25) is 0 Å². The van der Waals surface area contributed by atoms with Crippen LogP contribution in [0.1, 0.15) is 49.7 Å². The van der Waals surface area contributed by atoms with Crippen molar-refractivity contribution in [1.82, 2.24) is 34.6 Å². The lowest BCUT2D eigenvalue weighted by Crippen LogP contribution is -2.38. The highest BCUT2D eigenvalue weighted by molar-refractivity contribution is 5.94. The predicted octanol–water partition coefficient (Wildman–Crippen LogP) is 2.72. The van der Waals surface area contributed by atoms with Gasteiger partial charge in [0.1, 0.15) is 12.3 Å². The van der Waals surface area contributed by atoms with Crippen LogP contribution in [0.3, 0.4) is 0 Å². The number of carbonyl (C=O) groups is 2. The SMILES string of the molecule is CO.COc1cn2ncc3c2nc1OC[C@@H]1CCC(=O)N1CCCn1nc-3cc1C(=O)N[C@H](C)c1ccccc1.[HH]. The Balaban J connectivity index is 0.00000126. The van der Waals surface area contributed by atoms with Gasteiger partial charge in [0, 0.05) is 28.0 Å². The van der Waals surface area contributed by atoms with E-state index in [0.717, 1.165) is 19.1 Å². The predicted molar refractivity (Wildman–Crippen MR) is 148 cm³/mol. The summed E-state index contributed by atoms with van der Waals surface area (Å²) in [6.07, 6.45) is 5.24. The molecule has 0 radical (unpaired) electrons. The van der Waals surface area contributed by atoms with Crippen molar-refractivity contribution in [2.24, 2.45) is 0 Å². The number of rotatable bonds is 4. The Bertz CT molecular complexity index is 1510. The van der Waals surface area contributed by atoms with Crippen LogP contribution in [0.25, 0.3) is 16.9 Å². The second-order valence-electron chi connectivity index (χ2n) is 9.63. The Morgan fingerprint density at radius 3 is 2.83 bits per heavy atom. The topological polar surface area (TPSA) is 136 Å². The van der Waals surface area contributed by atoms with Crippen LogP contribution in [0.4, 0.5) is 0 Å². The van der Waals surface area contributed by atoms with E-state index in [4.69, 9.17) is 24.7 Å². The highest BCUT2D eigenvalue weighted by Crippen LogP contribution is 2.31. The van der Waals surface area contributed by atoms with Crippen LogP contribution in [0.5, 0.6) is 11.6 Å². The van der Waals surface area contributed by atoms with E-state index in [1.807, 2.05) is 42.2 Å². The molecule has 4 bridgehead atoms. The maximum atomic E-state index is 13.5. The van der Waals surface area contributed by atoms with Crippen molar-refractivity contribution in [3.63, 3.8) is 0 Å². The largest absolute Gasteiger partial charge is 0.490 e. The third-order valence-electron chi connectivity index (χ3n) is 7.22. The molecule has 2 N–H and O–H groups in total. The van der Waals surface area contributed by atoms with E-state index < -0.39 is 0 Å². The number of benzene rings is 1. The molecule has 1 fully saturated rings. The first-order valence-corrected chi connectivity index (χ1v) is 13.2. The van der Waals surface area contributed by atoms with E-state index in [2.05, 4.69) is 10.4 Å². The minimum Gasteiger partial charge on any atom is -0.490 e. The summed E-state index contributed by atoms with van der Waals surface area (Å²) in [7, 11) is 2.55. The van der Waals surface area contributed by atoms with Gasteiger partial charge in [0.25, 0.3) is 11.8 Å². The van der Waals surface area contributed by atoms with Crippen molar-refractivity contribution in [2.75, 3.05) is 27.4 Å². The Labute approximate surface area is 233 Å². The normalized spacial score (nSPS) is 17.4. The second kappa shape index (κ2) is 11.7. The molecule has 1 saturated heterocycles. The summed E-state index contributed by atoms with van der Waals surface area (Å²) in [5.74, 6) is 0.646. The van der Waals surface area contributed by atoms with Gasteiger partial charge in [0.2, 0.25) is 5.91 Å². The van der Waals surface area contributed by atoms with Crippen LogP contribution >= 0.6 is 0 Å². The number of fused-ring (bicyclic) bond motifs is 5. The molecule has 1 aromatic carbocycles. The van der Waals surface area contributed by atoms with Crippen molar-refractivity contribution < 1.29 is 25.6 Å². The summed E-state index contributed by atoms with van der Waals surface area (Å²) in [5, 5.41) is 19.3. The maximum Gasteiger partial charge on any atom is 0.270 e. The van der Waals surface area contributed by atoms with Crippen molar-refractivity contribution in [2.45, 2.75) is 44.8 Å². The molecule has 2 atom stereocenters. The average molecular weight is 550 g/mol. The van der Waals surface area contributed by atoms with Crippen LogP contribution in [0, 0.1) is 0 Å². The molecule has 5 heterocycles. The highest BCUT2D eigenvalue weighted by atomic mass is 16.5. The molecule has 2 aliphatic heterocycles. The van der Waals surface area contributed by atoms with Crippen LogP contribution in [0.15, 0.2) is 48.8 Å². The number of aliphatic hydroxyl groups excluding tert-OH is 1. The van der Waals surface area contributed by atoms with Crippen molar-refractivity contribution in [3.05, 3.63) is 60.0 Å². The quantitative estimate of drug-likeness (QED) is 0.397. The summed E-state index contributed by atoms with van der Waals surface area (Å²) >= 11 is 0. The van der Waals surface area contributed by atoms with E-state index in [1.165, 1.54) is 0 Å². The minimum absolute atomic E-state index is 0. The number of hydrogen-bond donors (Lipinski definition) is 2. The minimum atomic E-state index is -0.227. The van der Waals surface area contributed by atoms with E-state index >= 15 is 0 Å². The van der Waals surface area contributed by atoms with Gasteiger partial charge in [-0.05, 0) is 31.4 Å². The summed E-state index contributed by atoms with van der Waals surface area (Å²) in [6.45, 7) is 3.30. The number of aliphatic hydroxyl groups is 1. The fourth-order valence-electron chi connectivity index (χ4n) is 5.14. The lowest BCUT2D eigenvalue weighted by molar-refractivity contribution is -0.129. The first kappa shape index (κ1) is 27.1. The Kier molecular flexibility index (Phi) is 7.96. The maximum absolute atomic E-state index is 13.5. The standard InChI is InChI=1S/C27H29N7O4.CH4O.H2/c1-17(18-7-4-3-5-8-18)29-26(36)22-13-21-20-14-28-34-15-23(37-2)27(30-25(20)34)38-16-19-9-10-24(35)32(19)11-6-12-33(22)31-21;1-2;/h3-5,7-8,13-15,17,19H,6,9-12,16H2,1-2H3,(H,29,36);2H,1H3;1H/t17-,19+;;/m1../s1. The smallest absolute Gasteiger partial charge is 0.270 e. The first-order valence-electron chi connectivity index (χ1n) is 13.2. The van der Waals surface area contributed by atoms with E-state index in [-0.39, 0.29) is 25.3 Å². The zero-order chi connectivity index (χ0) is 28.2. The first-order chi connectivity index (χ1) is 19.5. The Morgan fingerprint density at radius 2 is 2.05 bits per heavy atom. The molecule has 0 unspecified atom stereocenters. The van der Waals surface area contributed by atoms with Gasteiger partial charge in [-0.2, -0.15) is 15.2 Å². The number of hydrogen-bond acceptors (Lipinski definition) is 8. The molecule has 0 saturated carbocycles. The van der Waals surface area contributed by atoms with Crippen LogP contribution < -0.4 is 14.8 Å². The van der Waals surface area contributed by atoms with E-state index in [9.17, 15) is 9.59 Å². The van der Waals surface area contributed by atoms with Crippen molar-refractivity contribution in [1.29, 1.82) is 0 Å². The highest BCUT2D eigenvalue weighted by Gasteiger charge is 2.32. The molecule has 12 heteroatoms. The third kappa shape index (κ3) is 5.22. The summed E-state index contributed by atoms with van der Waals surface area (Å²) < 4.78 is 14.9.